The molecule has 8 heteroatoms. The van der Waals surface area contributed by atoms with Crippen LogP contribution in [0.15, 0.2) is 34.1 Å². The molecule has 0 aliphatic heterocycles. The Bertz CT molecular complexity index is 708. The highest BCUT2D eigenvalue weighted by molar-refractivity contribution is 7.89. The summed E-state index contributed by atoms with van der Waals surface area (Å²) in [5.74, 6) is 0.512. The van der Waals surface area contributed by atoms with E-state index in [2.05, 4.69) is 18.6 Å². The van der Waals surface area contributed by atoms with E-state index in [4.69, 9.17) is 0 Å². The number of benzene rings is 1. The summed E-state index contributed by atoms with van der Waals surface area (Å²) in [4.78, 5) is 0.126. The van der Waals surface area contributed by atoms with E-state index in [1.807, 2.05) is 6.92 Å². The molecular weight excluding hydrogens is 336 g/mol. The number of hydrogen-bond donors (Lipinski definition) is 1. The zero-order valence-corrected chi connectivity index (χ0v) is 15.9. The highest BCUT2D eigenvalue weighted by Gasteiger charge is 2.21. The van der Waals surface area contributed by atoms with E-state index in [1.54, 1.807) is 0 Å². The molecule has 1 aromatic carbocycles. The van der Waals surface area contributed by atoms with Crippen LogP contribution in [0.5, 0.6) is 0 Å². The lowest BCUT2D eigenvalue weighted by atomic mass is 10.1. The molecule has 132 valence electrons. The van der Waals surface area contributed by atoms with Gasteiger partial charge in [-0.25, -0.2) is 25.9 Å². The molecule has 0 aliphatic carbocycles. The van der Waals surface area contributed by atoms with Crippen molar-refractivity contribution < 1.29 is 16.8 Å². The van der Waals surface area contributed by atoms with Crippen molar-refractivity contribution in [2.24, 2.45) is 5.92 Å². The predicted molar refractivity (Wildman–Crippen MR) is 91.2 cm³/mol. The first kappa shape index (κ1) is 20.1. The Labute approximate surface area is 140 Å². The van der Waals surface area contributed by atoms with Gasteiger partial charge in [0.25, 0.3) is 0 Å². The Morgan fingerprint density at radius 1 is 0.913 bits per heavy atom. The van der Waals surface area contributed by atoms with Crippen molar-refractivity contribution in [3.63, 3.8) is 0 Å². The summed E-state index contributed by atoms with van der Waals surface area (Å²) in [6.07, 6.45) is 1.69. The molecule has 0 fully saturated rings. The van der Waals surface area contributed by atoms with Gasteiger partial charge < -0.3 is 0 Å². The maximum Gasteiger partial charge on any atom is 0.242 e. The van der Waals surface area contributed by atoms with Gasteiger partial charge in [0.1, 0.15) is 0 Å². The predicted octanol–water partition coefficient (Wildman–Crippen LogP) is 2.04. The molecule has 0 heterocycles. The van der Waals surface area contributed by atoms with Crippen LogP contribution in [0.4, 0.5) is 0 Å². The van der Waals surface area contributed by atoms with Crippen molar-refractivity contribution in [1.29, 1.82) is 0 Å². The average molecular weight is 363 g/mol. The zero-order valence-electron chi connectivity index (χ0n) is 14.3. The molecule has 0 aliphatic rings. The Morgan fingerprint density at radius 2 is 1.39 bits per heavy atom. The Kier molecular flexibility index (Phi) is 6.76. The van der Waals surface area contributed by atoms with Gasteiger partial charge in [-0.2, -0.15) is 0 Å². The zero-order chi connectivity index (χ0) is 17.8. The second-order valence-corrected chi connectivity index (χ2v) is 10.1. The van der Waals surface area contributed by atoms with Crippen LogP contribution in [0, 0.1) is 5.92 Å². The second-order valence-electron chi connectivity index (χ2n) is 6.25. The first-order chi connectivity index (χ1) is 10.5. The molecule has 0 bridgehead atoms. The van der Waals surface area contributed by atoms with Gasteiger partial charge in [-0.3, -0.25) is 0 Å². The summed E-state index contributed by atoms with van der Waals surface area (Å²) < 4.78 is 52.3. The van der Waals surface area contributed by atoms with Gasteiger partial charge in [0.2, 0.25) is 20.0 Å². The second kappa shape index (κ2) is 7.74. The molecule has 6 nitrogen and oxygen atoms in total. The lowest BCUT2D eigenvalue weighted by Gasteiger charge is -2.16. The van der Waals surface area contributed by atoms with E-state index in [-0.39, 0.29) is 15.8 Å². The van der Waals surface area contributed by atoms with Crippen LogP contribution in [-0.2, 0) is 20.0 Å². The minimum Gasteiger partial charge on any atom is -0.208 e. The van der Waals surface area contributed by atoms with E-state index in [9.17, 15) is 16.8 Å². The highest BCUT2D eigenvalue weighted by Crippen LogP contribution is 2.17. The van der Waals surface area contributed by atoms with Crippen LogP contribution in [0.3, 0.4) is 0 Å². The summed E-state index contributed by atoms with van der Waals surface area (Å²) >= 11 is 0. The summed E-state index contributed by atoms with van der Waals surface area (Å²) in [6.45, 7) is 6.00. The van der Waals surface area contributed by atoms with Crippen LogP contribution in [0.25, 0.3) is 0 Å². The van der Waals surface area contributed by atoms with Gasteiger partial charge in [0.05, 0.1) is 9.79 Å². The van der Waals surface area contributed by atoms with Crippen LogP contribution in [0.2, 0.25) is 0 Å². The molecule has 1 aromatic rings. The quantitative estimate of drug-likeness (QED) is 0.767. The van der Waals surface area contributed by atoms with Crippen molar-refractivity contribution in [2.75, 3.05) is 14.1 Å². The van der Waals surface area contributed by atoms with Gasteiger partial charge in [-0.05, 0) is 49.9 Å². The smallest absolute Gasteiger partial charge is 0.208 e. The normalized spacial score (nSPS) is 14.4. The number of sulfonamides is 2. The molecule has 1 atom stereocenters. The third-order valence-corrected chi connectivity index (χ3v) is 6.88. The lowest BCUT2D eigenvalue weighted by molar-refractivity contribution is 0.485. The molecule has 0 aromatic heterocycles. The van der Waals surface area contributed by atoms with Gasteiger partial charge >= 0.3 is 0 Å². The van der Waals surface area contributed by atoms with E-state index < -0.39 is 20.0 Å². The topological polar surface area (TPSA) is 83.5 Å². The summed E-state index contributed by atoms with van der Waals surface area (Å²) in [7, 11) is -4.35. The van der Waals surface area contributed by atoms with E-state index in [0.29, 0.717) is 5.92 Å². The van der Waals surface area contributed by atoms with E-state index in [0.717, 1.165) is 17.1 Å². The van der Waals surface area contributed by atoms with Crippen molar-refractivity contribution in [3.05, 3.63) is 24.3 Å². The summed E-state index contributed by atoms with van der Waals surface area (Å²) in [5.41, 5.74) is 0. The molecule has 0 spiro atoms. The van der Waals surface area contributed by atoms with Crippen molar-refractivity contribution in [3.8, 4) is 0 Å². The fourth-order valence-electron chi connectivity index (χ4n) is 1.98. The molecule has 1 rings (SSSR count). The molecule has 0 amide bonds. The van der Waals surface area contributed by atoms with Crippen LogP contribution < -0.4 is 4.72 Å². The molecule has 0 saturated heterocycles. The number of nitrogens with zero attached hydrogens (tertiary/aromatic N) is 1. The lowest BCUT2D eigenvalue weighted by Crippen LogP contribution is -2.32. The third kappa shape index (κ3) is 5.56. The Hall–Kier alpha value is -0.960. The average Bonchev–Trinajstić information content (AvgIpc) is 2.44. The fourth-order valence-corrected chi connectivity index (χ4v) is 4.16. The van der Waals surface area contributed by atoms with Crippen molar-refractivity contribution >= 4 is 20.0 Å². The van der Waals surface area contributed by atoms with Gasteiger partial charge in [0.15, 0.2) is 0 Å². The first-order valence-corrected chi connectivity index (χ1v) is 10.4. The largest absolute Gasteiger partial charge is 0.242 e. The monoisotopic (exact) mass is 362 g/mol. The number of hydrogen-bond acceptors (Lipinski definition) is 4. The molecule has 1 unspecified atom stereocenters. The minimum absolute atomic E-state index is 0.0617. The summed E-state index contributed by atoms with van der Waals surface area (Å²) in [5, 5.41) is 0. The van der Waals surface area contributed by atoms with Crippen molar-refractivity contribution in [2.45, 2.75) is 49.4 Å². The van der Waals surface area contributed by atoms with Crippen LogP contribution >= 0.6 is 0 Å². The maximum absolute atomic E-state index is 12.3. The van der Waals surface area contributed by atoms with Gasteiger partial charge in [0, 0.05) is 20.1 Å². The molecular formula is C15H26N2O4S2. The molecule has 0 radical (unpaired) electrons. The highest BCUT2D eigenvalue weighted by atomic mass is 32.2. The van der Waals surface area contributed by atoms with E-state index >= 15 is 0 Å². The van der Waals surface area contributed by atoms with Crippen LogP contribution in [0.1, 0.15) is 33.6 Å². The molecule has 23 heavy (non-hydrogen) atoms. The number of nitrogens with one attached hydrogen (secondary N) is 1. The fraction of sp³-hybridized carbons (Fsp3) is 0.600. The number of rotatable bonds is 8. The SMILES string of the molecule is CC(C)CCC(C)NS(=O)(=O)c1ccc(S(=O)(=O)N(C)C)cc1. The molecule has 1 N–H and O–H groups in total. The first-order valence-electron chi connectivity index (χ1n) is 7.51. The van der Waals surface area contributed by atoms with Gasteiger partial charge in [-0.15, -0.1) is 0 Å². The Balaban J connectivity index is 2.90. The maximum atomic E-state index is 12.3. The minimum atomic E-state index is -3.65. The summed E-state index contributed by atoms with van der Waals surface area (Å²) in [6, 6.07) is 5.07. The third-order valence-electron chi connectivity index (χ3n) is 3.45. The van der Waals surface area contributed by atoms with E-state index in [1.165, 1.54) is 38.4 Å². The molecule has 0 saturated carbocycles. The van der Waals surface area contributed by atoms with Crippen molar-refractivity contribution in [1.82, 2.24) is 9.03 Å². The Morgan fingerprint density at radius 3 is 1.83 bits per heavy atom. The standard InChI is InChI=1S/C15H26N2O4S2/c1-12(2)6-7-13(3)16-22(18,19)14-8-10-15(11-9-14)23(20,21)17(4)5/h8-13,16H,6-7H2,1-5H3. The van der Waals surface area contributed by atoms with Crippen LogP contribution in [-0.4, -0.2) is 41.3 Å². The van der Waals surface area contributed by atoms with Gasteiger partial charge in [-0.1, -0.05) is 13.8 Å².